The third kappa shape index (κ3) is 20.3. The predicted octanol–water partition coefficient (Wildman–Crippen LogP) is 43.5. The highest BCUT2D eigenvalue weighted by Crippen LogP contribution is 2.53. The van der Waals surface area contributed by atoms with Crippen molar-refractivity contribution < 1.29 is 0 Å². The second kappa shape index (κ2) is 48.2. The number of aryl methyl sites for hydroxylation is 10. The molecule has 0 heteroatoms. The molecule has 0 heterocycles. The second-order valence-corrected chi connectivity index (χ2v) is 36.2. The highest BCUT2D eigenvalue weighted by atomic mass is 14.3. The number of hydrogen-bond donors (Lipinski definition) is 0. The van der Waals surface area contributed by atoms with Crippen LogP contribution in [0, 0.1) is 69.2 Å². The summed E-state index contributed by atoms with van der Waals surface area (Å²) in [6.07, 6.45) is 5.26. The average Bonchev–Trinajstić information content (AvgIpc) is 1.58. The van der Waals surface area contributed by atoms with E-state index in [2.05, 4.69) is 397 Å². The monoisotopic (exact) mass is 1870 g/mol. The van der Waals surface area contributed by atoms with E-state index in [1.54, 1.807) is 0 Å². The van der Waals surface area contributed by atoms with Crippen molar-refractivity contribution in [1.82, 2.24) is 0 Å². The van der Waals surface area contributed by atoms with Crippen LogP contribution in [0.2, 0.25) is 0 Å². The molecule has 726 valence electrons. The topological polar surface area (TPSA) is 0 Å². The fraction of sp³-hybridized carbons (Fsp3) is 0.245. The Hall–Kier alpha value is -14.0. The van der Waals surface area contributed by atoms with Crippen molar-refractivity contribution in [3.63, 3.8) is 0 Å². The summed E-state index contributed by atoms with van der Waals surface area (Å²) in [6.45, 7) is 62.1. The zero-order valence-electron chi connectivity index (χ0n) is 91.7. The molecule has 0 atom stereocenters. The van der Waals surface area contributed by atoms with Gasteiger partial charge in [0.05, 0.1) is 0 Å². The summed E-state index contributed by atoms with van der Waals surface area (Å²) in [6, 6.07) is 123. The van der Waals surface area contributed by atoms with Crippen LogP contribution in [0.25, 0.3) is 185 Å². The maximum absolute atomic E-state index is 2.43. The largest absolute Gasteiger partial charge is 0.0683 e. The lowest BCUT2D eigenvalue weighted by Gasteiger charge is -2.15. The van der Waals surface area contributed by atoms with Crippen LogP contribution < -0.4 is 0 Å². The first kappa shape index (κ1) is 106. The lowest BCUT2D eigenvalue weighted by Crippen LogP contribution is -1.89. The van der Waals surface area contributed by atoms with Gasteiger partial charge in [-0.2, -0.15) is 0 Å². The van der Waals surface area contributed by atoms with E-state index < -0.39 is 0 Å². The summed E-state index contributed by atoms with van der Waals surface area (Å²) in [5.74, 6) is 0. The van der Waals surface area contributed by atoms with Crippen molar-refractivity contribution in [3.8, 4) is 55.6 Å². The predicted molar refractivity (Wildman–Crippen MR) is 644 cm³/mol. The smallest absolute Gasteiger partial charge is 0.00128 e. The molecule has 0 N–H and O–H groups in total. The molecule has 0 bridgehead atoms. The molecule has 0 spiro atoms. The Balaban J connectivity index is 0.000000146. The molecule has 5 aliphatic rings. The normalized spacial score (nSPS) is 11.3. The van der Waals surface area contributed by atoms with E-state index in [9.17, 15) is 0 Å². The van der Waals surface area contributed by atoms with Gasteiger partial charge in [-0.25, -0.2) is 0 Å². The molecular formula is C143H154. The van der Waals surface area contributed by atoms with Crippen molar-refractivity contribution in [2.75, 3.05) is 0 Å². The van der Waals surface area contributed by atoms with Crippen LogP contribution in [-0.2, 0) is 32.1 Å². The lowest BCUT2D eigenvalue weighted by molar-refractivity contribution is 1.24. The Kier molecular flexibility index (Phi) is 35.8. The van der Waals surface area contributed by atoms with Crippen molar-refractivity contribution in [1.29, 1.82) is 0 Å². The zero-order chi connectivity index (χ0) is 103. The molecule has 27 rings (SSSR count). The molecule has 0 saturated carbocycles. The van der Waals surface area contributed by atoms with Crippen LogP contribution in [-0.4, -0.2) is 0 Å². The average molecular weight is 1870 g/mol. The van der Waals surface area contributed by atoms with Crippen molar-refractivity contribution in [2.24, 2.45) is 0 Å². The molecular weight excluding hydrogens is 1720 g/mol. The molecule has 0 amide bonds. The zero-order valence-corrected chi connectivity index (χ0v) is 91.7. The van der Waals surface area contributed by atoms with E-state index in [0.29, 0.717) is 0 Å². The van der Waals surface area contributed by atoms with E-state index in [4.69, 9.17) is 0 Å². The van der Waals surface area contributed by atoms with Crippen molar-refractivity contribution in [2.45, 2.75) is 240 Å². The fourth-order valence-corrected chi connectivity index (χ4v) is 22.5. The van der Waals surface area contributed by atoms with Gasteiger partial charge in [-0.15, -0.1) is 0 Å². The molecule has 0 unspecified atom stereocenters. The highest BCUT2D eigenvalue weighted by Gasteiger charge is 2.30. The van der Waals surface area contributed by atoms with E-state index in [-0.39, 0.29) is 0 Å². The van der Waals surface area contributed by atoms with Gasteiger partial charge in [0.25, 0.3) is 0 Å². The summed E-state index contributed by atoms with van der Waals surface area (Å²) < 4.78 is 0. The molecule has 0 aliphatic heterocycles. The first-order chi connectivity index (χ1) is 70.1. The second-order valence-electron chi connectivity index (χ2n) is 36.2. The maximum Gasteiger partial charge on any atom is -0.00128 e. The summed E-state index contributed by atoms with van der Waals surface area (Å²) >= 11 is 0. The van der Waals surface area contributed by atoms with Crippen LogP contribution >= 0.6 is 0 Å². The van der Waals surface area contributed by atoms with E-state index in [1.807, 2.05) is 138 Å². The van der Waals surface area contributed by atoms with E-state index >= 15 is 0 Å². The molecule has 0 aromatic heterocycles. The van der Waals surface area contributed by atoms with Crippen LogP contribution in [0.1, 0.15) is 250 Å². The summed E-state index contributed by atoms with van der Waals surface area (Å²) in [5.41, 5.74) is 42.8. The van der Waals surface area contributed by atoms with Gasteiger partial charge in [-0.05, 0) is 435 Å². The summed E-state index contributed by atoms with van der Waals surface area (Å²) in [4.78, 5) is 0. The molecule has 143 heavy (non-hydrogen) atoms. The van der Waals surface area contributed by atoms with Gasteiger partial charge in [0.2, 0.25) is 0 Å². The molecule has 22 aromatic carbocycles. The number of benzene rings is 22. The number of fused-ring (bicyclic) bond motifs is 35. The molecule has 0 radical (unpaired) electrons. The van der Waals surface area contributed by atoms with Gasteiger partial charge in [-0.3, -0.25) is 0 Å². The molecule has 0 nitrogen and oxygen atoms in total. The minimum atomic E-state index is 1.02. The van der Waals surface area contributed by atoms with Crippen LogP contribution in [0.4, 0.5) is 0 Å². The van der Waals surface area contributed by atoms with E-state index in [0.717, 1.165) is 32.1 Å². The third-order valence-corrected chi connectivity index (χ3v) is 28.3. The Morgan fingerprint density at radius 2 is 0.329 bits per heavy atom. The van der Waals surface area contributed by atoms with Gasteiger partial charge < -0.3 is 0 Å². The Morgan fingerprint density at radius 3 is 0.664 bits per heavy atom. The van der Waals surface area contributed by atoms with Crippen LogP contribution in [0.3, 0.4) is 0 Å². The van der Waals surface area contributed by atoms with Gasteiger partial charge in [0, 0.05) is 0 Å². The molecule has 0 saturated heterocycles. The first-order valence-corrected chi connectivity index (χ1v) is 54.1. The summed E-state index contributed by atoms with van der Waals surface area (Å²) in [5, 5.41) is 32.7. The molecule has 22 aromatic rings. The van der Waals surface area contributed by atoms with Gasteiger partial charge in [0.15, 0.2) is 0 Å². The Labute approximate surface area is 857 Å². The van der Waals surface area contributed by atoms with Crippen LogP contribution in [0.15, 0.2) is 328 Å². The standard InChI is InChI=1S/2C31H22.2C23H18.C15H14.10C2H6/c1-18-5-3-7-20-16-28-22(14-26(18)20)9-11-24-13-25-12-10-23-15-27-19(2)6-4-8-21(27)17-29(23)31(25)30(24)28;1-18-11-24-13-25-12-19(2)27-15-21-8-4-6-10-23(21)17-29(27)31(25)30(24)28-16-22-9-5-3-7-20(22)14-26(18)28;1-14-5-3-7-20-18(14)11-9-16-13-17-10-12-19-15(2)6-4-8-21(19)23(17)22(16)20;1-14-11-16-13-17-12-15(2)19-8-4-6-10-21(19)23(17)22(16)20-9-5-3-7-18(14)20;1-10-3-5-14-12(7-10)9-13-8-11(2)4-6-15(13)14;10*1-2/h2*3-12,14-17H,13H2,1-2H3;2*3-12H,13H2,1-2H3;3-8H,9H2,1-2H3;10*1-2H3. The van der Waals surface area contributed by atoms with Gasteiger partial charge in [0.1, 0.15) is 0 Å². The molecule has 5 aliphatic carbocycles. The van der Waals surface area contributed by atoms with Gasteiger partial charge in [-0.1, -0.05) is 429 Å². The Bertz CT molecular complexity index is 7860. The number of rotatable bonds is 0. The fourth-order valence-electron chi connectivity index (χ4n) is 22.5. The van der Waals surface area contributed by atoms with Crippen LogP contribution in [0.5, 0.6) is 0 Å². The summed E-state index contributed by atoms with van der Waals surface area (Å²) in [7, 11) is 0. The maximum atomic E-state index is 2.43. The lowest BCUT2D eigenvalue weighted by atomic mass is 9.89. The minimum absolute atomic E-state index is 1.02. The third-order valence-electron chi connectivity index (χ3n) is 28.3. The SMILES string of the molecule is CC.CC.CC.CC.CC.CC.CC.CC.CC.CC.Cc1cc2c(c3cc4ccccc4cc13)-c1c(cc(C)c3cc4ccccc4cc13)C2.Cc1cc2c(c3ccccc13)-c1c(cc(C)c3ccccc13)C2.Cc1ccc2c(c1)Cc1cc(C)ccc1-2.Cc1cccc2c3c(ccc12)Cc1ccc2c(C)cccc2c1-3.Cc1cccc2cc3c4c(ccc3cc12)Cc1ccc2cc3c(C)cccc3cc2c1-4. The quantitative estimate of drug-likeness (QED) is 0.133. The Morgan fingerprint density at radius 1 is 0.119 bits per heavy atom. The first-order valence-electron chi connectivity index (χ1n) is 54.1. The van der Waals surface area contributed by atoms with Gasteiger partial charge >= 0.3 is 0 Å². The van der Waals surface area contributed by atoms with E-state index in [1.165, 1.54) is 296 Å². The minimum Gasteiger partial charge on any atom is -0.0683 e. The van der Waals surface area contributed by atoms with Crippen molar-refractivity contribution >= 4 is 129 Å². The molecule has 0 fully saturated rings. The number of hydrogen-bond acceptors (Lipinski definition) is 0. The highest BCUT2D eigenvalue weighted by molar-refractivity contribution is 6.19. The van der Waals surface area contributed by atoms with Crippen molar-refractivity contribution in [3.05, 3.63) is 439 Å².